The molecular formula is C29H23ClN4O2S. The third kappa shape index (κ3) is 5.88. The minimum absolute atomic E-state index is 0.178. The molecule has 0 radical (unpaired) electrons. The van der Waals surface area contributed by atoms with Gasteiger partial charge in [0.05, 0.1) is 29.1 Å². The Morgan fingerprint density at radius 2 is 2.03 bits per heavy atom. The summed E-state index contributed by atoms with van der Waals surface area (Å²) in [4.78, 5) is 23.4. The Balaban J connectivity index is 1.42. The SMILES string of the molecule is N#Cc1ccc(COc2ccc(Cl)cc2C=Nc2sc3c(c2C(=O)Nc2cccnc2)CCCC3)cc1. The van der Waals surface area contributed by atoms with Gasteiger partial charge >= 0.3 is 0 Å². The van der Waals surface area contributed by atoms with Crippen molar-refractivity contribution in [1.29, 1.82) is 5.26 Å². The zero-order valence-electron chi connectivity index (χ0n) is 19.9. The van der Waals surface area contributed by atoms with Gasteiger partial charge in [-0.3, -0.25) is 9.78 Å². The topological polar surface area (TPSA) is 87.4 Å². The number of anilines is 1. The molecule has 1 aliphatic carbocycles. The number of nitriles is 1. The number of pyridine rings is 1. The molecule has 2 aromatic heterocycles. The number of aryl methyl sites for hydroxylation is 1. The monoisotopic (exact) mass is 526 g/mol. The van der Waals surface area contributed by atoms with Gasteiger partial charge in [0.2, 0.25) is 0 Å². The largest absolute Gasteiger partial charge is 0.488 e. The van der Waals surface area contributed by atoms with Crippen LogP contribution in [0, 0.1) is 11.3 Å². The van der Waals surface area contributed by atoms with Crippen LogP contribution in [-0.2, 0) is 19.4 Å². The fourth-order valence-corrected chi connectivity index (χ4v) is 5.63. The van der Waals surface area contributed by atoms with Crippen LogP contribution in [0.4, 0.5) is 10.7 Å². The van der Waals surface area contributed by atoms with Gasteiger partial charge in [0.1, 0.15) is 17.4 Å². The number of aliphatic imine (C=N–C) groups is 1. The molecule has 6 nitrogen and oxygen atoms in total. The summed E-state index contributed by atoms with van der Waals surface area (Å²) >= 11 is 7.86. The summed E-state index contributed by atoms with van der Waals surface area (Å²) in [6.07, 6.45) is 9.00. The van der Waals surface area contributed by atoms with Crippen LogP contribution in [0.25, 0.3) is 0 Å². The summed E-state index contributed by atoms with van der Waals surface area (Å²) in [7, 11) is 0. The smallest absolute Gasteiger partial charge is 0.259 e. The van der Waals surface area contributed by atoms with Crippen molar-refractivity contribution >= 4 is 45.7 Å². The van der Waals surface area contributed by atoms with E-state index in [1.165, 1.54) is 4.88 Å². The van der Waals surface area contributed by atoms with E-state index in [1.54, 1.807) is 60.3 Å². The number of carbonyl (C=O) groups excluding carboxylic acids is 1. The summed E-state index contributed by atoms with van der Waals surface area (Å²) in [6, 6.07) is 18.3. The van der Waals surface area contributed by atoms with E-state index < -0.39 is 0 Å². The van der Waals surface area contributed by atoms with Gasteiger partial charge in [-0.05, 0) is 79.3 Å². The number of fused-ring (bicyclic) bond motifs is 1. The van der Waals surface area contributed by atoms with Crippen molar-refractivity contribution in [3.05, 3.63) is 105 Å². The van der Waals surface area contributed by atoms with Crippen molar-refractivity contribution in [2.45, 2.75) is 32.3 Å². The lowest BCUT2D eigenvalue weighted by atomic mass is 9.95. The second-order valence-electron chi connectivity index (χ2n) is 8.62. The van der Waals surface area contributed by atoms with Crippen molar-refractivity contribution < 1.29 is 9.53 Å². The molecule has 0 fully saturated rings. The normalized spacial score (nSPS) is 12.6. The van der Waals surface area contributed by atoms with Gasteiger partial charge in [-0.25, -0.2) is 4.99 Å². The Bertz CT molecular complexity index is 1490. The van der Waals surface area contributed by atoms with Gasteiger partial charge in [0, 0.05) is 27.9 Å². The summed E-state index contributed by atoms with van der Waals surface area (Å²) in [5, 5.41) is 13.2. The van der Waals surface area contributed by atoms with Gasteiger partial charge in [-0.2, -0.15) is 5.26 Å². The molecule has 1 N–H and O–H groups in total. The molecule has 1 amide bonds. The lowest BCUT2D eigenvalue weighted by Gasteiger charge is -2.12. The average Bonchev–Trinajstić information content (AvgIpc) is 3.31. The quantitative estimate of drug-likeness (QED) is 0.259. The number of nitrogens with zero attached hydrogens (tertiary/aromatic N) is 3. The average molecular weight is 527 g/mol. The number of hydrogen-bond acceptors (Lipinski definition) is 6. The molecule has 5 rings (SSSR count). The van der Waals surface area contributed by atoms with E-state index in [0.717, 1.165) is 36.8 Å². The lowest BCUT2D eigenvalue weighted by Crippen LogP contribution is -2.15. The molecule has 1 aliphatic rings. The molecule has 8 heteroatoms. The molecule has 2 heterocycles. The number of thiophene rings is 1. The van der Waals surface area contributed by atoms with E-state index in [9.17, 15) is 4.79 Å². The third-order valence-electron chi connectivity index (χ3n) is 6.07. The number of amides is 1. The Kier molecular flexibility index (Phi) is 7.59. The van der Waals surface area contributed by atoms with E-state index in [0.29, 0.717) is 44.8 Å². The van der Waals surface area contributed by atoms with Crippen LogP contribution >= 0.6 is 22.9 Å². The van der Waals surface area contributed by atoms with Crippen LogP contribution in [0.5, 0.6) is 5.75 Å². The summed E-state index contributed by atoms with van der Waals surface area (Å²) in [5.74, 6) is 0.447. The Morgan fingerprint density at radius 3 is 2.81 bits per heavy atom. The van der Waals surface area contributed by atoms with Gasteiger partial charge in [-0.1, -0.05) is 23.7 Å². The maximum atomic E-state index is 13.3. The van der Waals surface area contributed by atoms with E-state index in [1.807, 2.05) is 24.3 Å². The van der Waals surface area contributed by atoms with Crippen LogP contribution in [-0.4, -0.2) is 17.1 Å². The fourth-order valence-electron chi connectivity index (χ4n) is 4.22. The van der Waals surface area contributed by atoms with Crippen LogP contribution in [0.1, 0.15) is 50.3 Å². The second kappa shape index (κ2) is 11.4. The maximum absolute atomic E-state index is 13.3. The Hall–Kier alpha value is -3.99. The highest BCUT2D eigenvalue weighted by molar-refractivity contribution is 7.16. The number of nitrogens with one attached hydrogen (secondary N) is 1. The van der Waals surface area contributed by atoms with E-state index in [4.69, 9.17) is 26.6 Å². The first-order valence-corrected chi connectivity index (χ1v) is 13.1. The zero-order valence-corrected chi connectivity index (χ0v) is 21.5. The summed E-state index contributed by atoms with van der Waals surface area (Å²) < 4.78 is 6.06. The molecule has 0 saturated carbocycles. The van der Waals surface area contributed by atoms with Gasteiger partial charge in [-0.15, -0.1) is 11.3 Å². The van der Waals surface area contributed by atoms with Crippen LogP contribution < -0.4 is 10.1 Å². The summed E-state index contributed by atoms with van der Waals surface area (Å²) in [5.41, 5.74) is 4.62. The molecular weight excluding hydrogens is 504 g/mol. The minimum atomic E-state index is -0.178. The molecule has 0 saturated heterocycles. The van der Waals surface area contributed by atoms with Crippen molar-refractivity contribution in [2.75, 3.05) is 5.32 Å². The maximum Gasteiger partial charge on any atom is 0.259 e. The van der Waals surface area contributed by atoms with Crippen LogP contribution in [0.3, 0.4) is 0 Å². The second-order valence-corrected chi connectivity index (χ2v) is 10.1. The molecule has 0 bridgehead atoms. The van der Waals surface area contributed by atoms with E-state index in [-0.39, 0.29) is 5.91 Å². The number of ether oxygens (including phenoxy) is 1. The molecule has 2 aromatic carbocycles. The van der Waals surface area contributed by atoms with Gasteiger partial charge in [0.25, 0.3) is 5.91 Å². The first-order valence-electron chi connectivity index (χ1n) is 11.9. The Morgan fingerprint density at radius 1 is 1.19 bits per heavy atom. The predicted molar refractivity (Wildman–Crippen MR) is 147 cm³/mol. The molecule has 0 aliphatic heterocycles. The minimum Gasteiger partial charge on any atom is -0.488 e. The molecule has 184 valence electrons. The number of benzene rings is 2. The highest BCUT2D eigenvalue weighted by Crippen LogP contribution is 2.40. The van der Waals surface area contributed by atoms with E-state index in [2.05, 4.69) is 16.4 Å². The third-order valence-corrected chi connectivity index (χ3v) is 7.50. The zero-order chi connectivity index (χ0) is 25.6. The Labute approximate surface area is 224 Å². The van der Waals surface area contributed by atoms with Crippen LogP contribution in [0.2, 0.25) is 5.02 Å². The first kappa shape index (κ1) is 24.7. The highest BCUT2D eigenvalue weighted by Gasteiger charge is 2.25. The summed E-state index contributed by atoms with van der Waals surface area (Å²) in [6.45, 7) is 0.334. The number of hydrogen-bond donors (Lipinski definition) is 1. The van der Waals surface area contributed by atoms with Crippen LogP contribution in [0.15, 0.2) is 72.0 Å². The molecule has 0 spiro atoms. The molecule has 4 aromatic rings. The molecule has 37 heavy (non-hydrogen) atoms. The lowest BCUT2D eigenvalue weighted by molar-refractivity contribution is 0.102. The number of halogens is 1. The standard InChI is InChI=1S/C29H23ClN4O2S/c30-22-11-12-25(36-18-20-9-7-19(15-31)8-10-20)21(14-22)16-33-29-27(24-5-1-2-6-26(24)37-29)28(35)34-23-4-3-13-32-17-23/h3-4,7-14,16-17H,1-2,5-6,18H2,(H,34,35). The fraction of sp³-hybridized carbons (Fsp3) is 0.172. The van der Waals surface area contributed by atoms with Gasteiger partial charge < -0.3 is 10.1 Å². The van der Waals surface area contributed by atoms with E-state index >= 15 is 0 Å². The van der Waals surface area contributed by atoms with Crippen molar-refractivity contribution in [2.24, 2.45) is 4.99 Å². The molecule has 0 atom stereocenters. The van der Waals surface area contributed by atoms with Crippen molar-refractivity contribution in [1.82, 2.24) is 4.98 Å². The first-order chi connectivity index (χ1) is 18.1. The highest BCUT2D eigenvalue weighted by atomic mass is 35.5. The predicted octanol–water partition coefficient (Wildman–Crippen LogP) is 7.13. The number of aromatic nitrogens is 1. The van der Waals surface area contributed by atoms with Crippen molar-refractivity contribution in [3.8, 4) is 11.8 Å². The number of rotatable bonds is 7. The van der Waals surface area contributed by atoms with Gasteiger partial charge in [0.15, 0.2) is 0 Å². The molecule has 0 unspecified atom stereocenters. The van der Waals surface area contributed by atoms with Crippen molar-refractivity contribution in [3.63, 3.8) is 0 Å². The number of carbonyl (C=O) groups is 1.